The predicted molar refractivity (Wildman–Crippen MR) is 107 cm³/mol. The van der Waals surface area contributed by atoms with E-state index in [1.807, 2.05) is 59.7 Å². The molecule has 0 bridgehead atoms. The highest BCUT2D eigenvalue weighted by atomic mass is 32.2. The number of likely N-dealkylation sites (tertiary alicyclic amines) is 1. The van der Waals surface area contributed by atoms with E-state index in [-0.39, 0.29) is 11.8 Å². The highest BCUT2D eigenvalue weighted by molar-refractivity contribution is 7.98. The first-order chi connectivity index (χ1) is 13.7. The summed E-state index contributed by atoms with van der Waals surface area (Å²) in [6.45, 7) is 1.19. The highest BCUT2D eigenvalue weighted by Gasteiger charge is 2.36. The van der Waals surface area contributed by atoms with Gasteiger partial charge in [-0.3, -0.25) is 4.79 Å². The number of hydrogen-bond donors (Lipinski definition) is 0. The maximum absolute atomic E-state index is 12.7. The lowest BCUT2D eigenvalue weighted by Crippen LogP contribution is -2.48. The molecule has 28 heavy (non-hydrogen) atoms. The topological polar surface area (TPSA) is 68.5 Å². The highest BCUT2D eigenvalue weighted by Crippen LogP contribution is 2.30. The largest absolute Gasteiger partial charge is 0.496 e. The number of rotatable bonds is 6. The normalized spacial score (nSPS) is 14.0. The number of hydrogen-bond acceptors (Lipinski definition) is 6. The molecule has 1 saturated heterocycles. The van der Waals surface area contributed by atoms with Crippen molar-refractivity contribution in [2.75, 3.05) is 26.5 Å². The number of methoxy groups -OCH3 is 1. The van der Waals surface area contributed by atoms with Crippen LogP contribution in [0, 0.1) is 0 Å². The first-order valence-corrected chi connectivity index (χ1v) is 10.3. The molecule has 0 saturated carbocycles. The van der Waals surface area contributed by atoms with E-state index in [4.69, 9.17) is 9.26 Å². The third-order valence-electron chi connectivity index (χ3n) is 4.88. The summed E-state index contributed by atoms with van der Waals surface area (Å²) in [7, 11) is 1.65. The second kappa shape index (κ2) is 8.06. The number of amides is 1. The van der Waals surface area contributed by atoms with Gasteiger partial charge >= 0.3 is 0 Å². The zero-order valence-corrected chi connectivity index (χ0v) is 16.6. The van der Waals surface area contributed by atoms with Gasteiger partial charge in [-0.25, -0.2) is 0 Å². The molecule has 2 aromatic carbocycles. The van der Waals surface area contributed by atoms with Crippen molar-refractivity contribution in [3.05, 3.63) is 71.4 Å². The number of para-hydroxylation sites is 1. The lowest BCUT2D eigenvalue weighted by Gasteiger charge is -2.37. The van der Waals surface area contributed by atoms with Crippen LogP contribution in [0.4, 0.5) is 0 Å². The number of carbonyl (C=O) groups is 1. The number of aromatic nitrogens is 2. The summed E-state index contributed by atoms with van der Waals surface area (Å²) in [6, 6.07) is 15.5. The van der Waals surface area contributed by atoms with E-state index < -0.39 is 0 Å². The number of thioether (sulfide) groups is 1. The van der Waals surface area contributed by atoms with Crippen molar-refractivity contribution in [1.82, 2.24) is 15.0 Å². The summed E-state index contributed by atoms with van der Waals surface area (Å²) < 4.78 is 10.8. The zero-order chi connectivity index (χ0) is 19.5. The molecule has 4 rings (SSSR count). The molecule has 1 fully saturated rings. The lowest BCUT2D eigenvalue weighted by molar-refractivity contribution is 0.0565. The van der Waals surface area contributed by atoms with Gasteiger partial charge in [0.25, 0.3) is 5.91 Å². The predicted octanol–water partition coefficient (Wildman–Crippen LogP) is 3.63. The lowest BCUT2D eigenvalue weighted by atomic mass is 9.98. The Morgan fingerprint density at radius 2 is 1.96 bits per heavy atom. The van der Waals surface area contributed by atoms with Crippen molar-refractivity contribution in [3.63, 3.8) is 0 Å². The van der Waals surface area contributed by atoms with Crippen LogP contribution >= 0.6 is 11.8 Å². The SMILES string of the molecule is COc1ccccc1Cc1noc(C2CN(C(=O)c3ccccc3SC)C2)n1. The van der Waals surface area contributed by atoms with Crippen LogP contribution in [0.15, 0.2) is 57.9 Å². The third-order valence-corrected chi connectivity index (χ3v) is 5.68. The Morgan fingerprint density at radius 3 is 2.75 bits per heavy atom. The van der Waals surface area contributed by atoms with Gasteiger partial charge in [-0.2, -0.15) is 4.98 Å². The quantitative estimate of drug-likeness (QED) is 0.594. The molecule has 6 nitrogen and oxygen atoms in total. The average Bonchev–Trinajstić information content (AvgIpc) is 3.15. The molecule has 7 heteroatoms. The molecule has 144 valence electrons. The van der Waals surface area contributed by atoms with Crippen molar-refractivity contribution in [2.24, 2.45) is 0 Å². The molecule has 3 aromatic rings. The first-order valence-electron chi connectivity index (χ1n) is 9.06. The second-order valence-corrected chi connectivity index (χ2v) is 7.49. The monoisotopic (exact) mass is 395 g/mol. The molecule has 0 aliphatic carbocycles. The van der Waals surface area contributed by atoms with Crippen LogP contribution in [0.1, 0.15) is 33.6 Å². The van der Waals surface area contributed by atoms with Gasteiger partial charge in [0, 0.05) is 30.0 Å². The summed E-state index contributed by atoms with van der Waals surface area (Å²) in [5, 5.41) is 4.10. The molecular formula is C21H21N3O3S. The standard InChI is InChI=1S/C21H21N3O3S/c1-26-17-9-5-3-7-14(17)11-19-22-20(27-23-19)15-12-24(13-15)21(25)16-8-4-6-10-18(16)28-2/h3-10,15H,11-13H2,1-2H3. The van der Waals surface area contributed by atoms with Crippen molar-refractivity contribution in [2.45, 2.75) is 17.2 Å². The van der Waals surface area contributed by atoms with E-state index in [1.54, 1.807) is 18.9 Å². The van der Waals surface area contributed by atoms with E-state index in [0.717, 1.165) is 21.8 Å². The number of benzene rings is 2. The van der Waals surface area contributed by atoms with Gasteiger partial charge in [0.05, 0.1) is 18.6 Å². The van der Waals surface area contributed by atoms with Crippen LogP contribution in [0.5, 0.6) is 5.75 Å². The summed E-state index contributed by atoms with van der Waals surface area (Å²) in [5.74, 6) is 2.16. The maximum atomic E-state index is 12.7. The summed E-state index contributed by atoms with van der Waals surface area (Å²) in [5.41, 5.74) is 1.76. The van der Waals surface area contributed by atoms with Crippen molar-refractivity contribution in [1.29, 1.82) is 0 Å². The Bertz CT molecular complexity index is 982. The van der Waals surface area contributed by atoms with Gasteiger partial charge in [0.1, 0.15) is 5.75 Å². The van der Waals surface area contributed by atoms with E-state index in [1.165, 1.54) is 0 Å². The molecule has 2 heterocycles. The Hall–Kier alpha value is -2.80. The summed E-state index contributed by atoms with van der Waals surface area (Å²) in [4.78, 5) is 20.1. The summed E-state index contributed by atoms with van der Waals surface area (Å²) in [6.07, 6.45) is 2.52. The van der Waals surface area contributed by atoms with Crippen LogP contribution in [0.2, 0.25) is 0 Å². The average molecular weight is 395 g/mol. The first kappa shape index (κ1) is 18.6. The Kier molecular flexibility index (Phi) is 5.34. The maximum Gasteiger partial charge on any atom is 0.255 e. The molecule has 1 aliphatic heterocycles. The fourth-order valence-corrected chi connectivity index (χ4v) is 3.91. The zero-order valence-electron chi connectivity index (χ0n) is 15.8. The molecule has 0 spiro atoms. The van der Waals surface area contributed by atoms with Gasteiger partial charge in [-0.05, 0) is 24.5 Å². The minimum atomic E-state index is 0.0509. The van der Waals surface area contributed by atoms with Gasteiger partial charge in [0.15, 0.2) is 5.82 Å². The number of carbonyl (C=O) groups excluding carboxylic acids is 1. The molecule has 1 aliphatic rings. The van der Waals surface area contributed by atoms with Crippen molar-refractivity contribution >= 4 is 17.7 Å². The number of ether oxygens (including phenoxy) is 1. The molecule has 1 aromatic heterocycles. The fourth-order valence-electron chi connectivity index (χ4n) is 3.32. The summed E-state index contributed by atoms with van der Waals surface area (Å²) >= 11 is 1.58. The van der Waals surface area contributed by atoms with Crippen LogP contribution in [0.25, 0.3) is 0 Å². The molecule has 0 atom stereocenters. The van der Waals surface area contributed by atoms with Crippen LogP contribution in [-0.2, 0) is 6.42 Å². The minimum Gasteiger partial charge on any atom is -0.496 e. The molecule has 0 radical (unpaired) electrons. The van der Waals surface area contributed by atoms with Crippen molar-refractivity contribution < 1.29 is 14.1 Å². The smallest absolute Gasteiger partial charge is 0.255 e. The molecular weight excluding hydrogens is 374 g/mol. The molecule has 1 amide bonds. The minimum absolute atomic E-state index is 0.0509. The number of nitrogens with zero attached hydrogens (tertiary/aromatic N) is 3. The van der Waals surface area contributed by atoms with E-state index in [9.17, 15) is 4.79 Å². The van der Waals surface area contributed by atoms with E-state index in [0.29, 0.717) is 31.2 Å². The van der Waals surface area contributed by atoms with E-state index in [2.05, 4.69) is 10.1 Å². The Balaban J connectivity index is 1.40. The Labute approximate surface area is 167 Å². The fraction of sp³-hybridized carbons (Fsp3) is 0.286. The van der Waals surface area contributed by atoms with Gasteiger partial charge in [-0.15, -0.1) is 11.8 Å². The van der Waals surface area contributed by atoms with Gasteiger partial charge < -0.3 is 14.2 Å². The second-order valence-electron chi connectivity index (χ2n) is 6.64. The van der Waals surface area contributed by atoms with Gasteiger partial charge in [-0.1, -0.05) is 35.5 Å². The van der Waals surface area contributed by atoms with Crippen molar-refractivity contribution in [3.8, 4) is 5.75 Å². The van der Waals surface area contributed by atoms with Gasteiger partial charge in [0.2, 0.25) is 5.89 Å². The van der Waals surface area contributed by atoms with Crippen LogP contribution < -0.4 is 4.74 Å². The van der Waals surface area contributed by atoms with E-state index >= 15 is 0 Å². The van der Waals surface area contributed by atoms with Crippen LogP contribution in [0.3, 0.4) is 0 Å². The van der Waals surface area contributed by atoms with Crippen LogP contribution in [-0.4, -0.2) is 47.4 Å². The molecule has 0 N–H and O–H groups in total. The third kappa shape index (κ3) is 3.62. The molecule has 0 unspecified atom stereocenters. The Morgan fingerprint density at radius 1 is 1.21 bits per heavy atom.